The Bertz CT molecular complexity index is 407. The summed E-state index contributed by atoms with van der Waals surface area (Å²) in [5, 5.41) is 8.22. The van der Waals surface area contributed by atoms with Gasteiger partial charge in [0, 0.05) is 6.20 Å². The summed E-state index contributed by atoms with van der Waals surface area (Å²) in [5.74, 6) is -0.0812. The molecule has 0 aromatic carbocycles. The van der Waals surface area contributed by atoms with E-state index in [1.54, 1.807) is 0 Å². The standard InChI is InChI=1S/C10H9ClF3NO2/c11-8-5-7(10(12,13)14)6-15-9(8)17-4-2-1-3-16/h1-2,5-6,16H,3-4H2/b2-1+. The van der Waals surface area contributed by atoms with Gasteiger partial charge in [-0.1, -0.05) is 17.7 Å². The van der Waals surface area contributed by atoms with E-state index in [0.29, 0.717) is 6.20 Å². The second-order valence-corrected chi connectivity index (χ2v) is 3.38. The molecule has 0 aliphatic rings. The topological polar surface area (TPSA) is 42.4 Å². The third kappa shape index (κ3) is 4.24. The van der Waals surface area contributed by atoms with Gasteiger partial charge in [0.25, 0.3) is 0 Å². The lowest BCUT2D eigenvalue weighted by molar-refractivity contribution is -0.137. The van der Waals surface area contributed by atoms with Crippen molar-refractivity contribution in [1.82, 2.24) is 4.98 Å². The maximum atomic E-state index is 12.3. The summed E-state index contributed by atoms with van der Waals surface area (Å²) < 4.78 is 41.8. The van der Waals surface area contributed by atoms with E-state index in [1.165, 1.54) is 12.2 Å². The Morgan fingerprint density at radius 2 is 2.12 bits per heavy atom. The second kappa shape index (κ2) is 5.88. The fourth-order valence-electron chi connectivity index (χ4n) is 0.956. The van der Waals surface area contributed by atoms with Crippen molar-refractivity contribution in [2.24, 2.45) is 0 Å². The number of aliphatic hydroxyl groups excluding tert-OH is 1. The van der Waals surface area contributed by atoms with Crippen LogP contribution < -0.4 is 4.74 Å². The van der Waals surface area contributed by atoms with E-state index in [2.05, 4.69) is 4.98 Å². The molecule has 0 fully saturated rings. The summed E-state index contributed by atoms with van der Waals surface area (Å²) in [6, 6.07) is 0.750. The minimum atomic E-state index is -4.48. The number of aliphatic hydroxyl groups is 1. The highest BCUT2D eigenvalue weighted by molar-refractivity contribution is 6.31. The second-order valence-electron chi connectivity index (χ2n) is 2.97. The summed E-state index contributed by atoms with van der Waals surface area (Å²) >= 11 is 5.59. The van der Waals surface area contributed by atoms with Crippen molar-refractivity contribution in [2.75, 3.05) is 13.2 Å². The van der Waals surface area contributed by atoms with Crippen molar-refractivity contribution in [3.05, 3.63) is 35.0 Å². The molecule has 0 spiro atoms. The van der Waals surface area contributed by atoms with Crippen LogP contribution in [0.1, 0.15) is 5.56 Å². The van der Waals surface area contributed by atoms with Crippen LogP contribution in [0.15, 0.2) is 24.4 Å². The molecule has 0 atom stereocenters. The third-order valence-corrected chi connectivity index (χ3v) is 1.99. The molecule has 0 bridgehead atoms. The quantitative estimate of drug-likeness (QED) is 0.853. The molecule has 0 amide bonds. The number of hydrogen-bond acceptors (Lipinski definition) is 3. The van der Waals surface area contributed by atoms with E-state index in [0.717, 1.165) is 6.07 Å². The van der Waals surface area contributed by atoms with Crippen molar-refractivity contribution in [1.29, 1.82) is 0 Å². The van der Waals surface area contributed by atoms with Gasteiger partial charge >= 0.3 is 6.18 Å². The minimum Gasteiger partial charge on any atom is -0.472 e. The molecular formula is C10H9ClF3NO2. The lowest BCUT2D eigenvalue weighted by Gasteiger charge is -2.09. The molecule has 1 rings (SSSR count). The number of hydrogen-bond donors (Lipinski definition) is 1. The molecule has 0 unspecified atom stereocenters. The summed E-state index contributed by atoms with van der Waals surface area (Å²) in [6.45, 7) is -0.0732. The van der Waals surface area contributed by atoms with Crippen molar-refractivity contribution >= 4 is 11.6 Å². The molecule has 3 nitrogen and oxygen atoms in total. The maximum absolute atomic E-state index is 12.3. The van der Waals surface area contributed by atoms with Crippen LogP contribution in [0.25, 0.3) is 0 Å². The summed E-state index contributed by atoms with van der Waals surface area (Å²) in [6.07, 6.45) is -0.906. The van der Waals surface area contributed by atoms with E-state index in [4.69, 9.17) is 21.4 Å². The molecule has 0 radical (unpaired) electrons. The highest BCUT2D eigenvalue weighted by atomic mass is 35.5. The Hall–Kier alpha value is -1.27. The zero-order chi connectivity index (χ0) is 12.9. The Labute approximate surface area is 100 Å². The van der Waals surface area contributed by atoms with Crippen LogP contribution in [-0.2, 0) is 6.18 Å². The van der Waals surface area contributed by atoms with E-state index >= 15 is 0 Å². The molecule has 17 heavy (non-hydrogen) atoms. The first-order valence-corrected chi connectivity index (χ1v) is 4.94. The van der Waals surface area contributed by atoms with Gasteiger partial charge in [0.15, 0.2) is 0 Å². The highest BCUT2D eigenvalue weighted by Gasteiger charge is 2.31. The Balaban J connectivity index is 2.73. The van der Waals surface area contributed by atoms with Crippen LogP contribution in [-0.4, -0.2) is 23.3 Å². The molecule has 0 aliphatic carbocycles. The van der Waals surface area contributed by atoms with Gasteiger partial charge in [0.05, 0.1) is 12.2 Å². The van der Waals surface area contributed by atoms with Crippen LogP contribution in [0.2, 0.25) is 5.02 Å². The van der Waals surface area contributed by atoms with Crippen molar-refractivity contribution in [2.45, 2.75) is 6.18 Å². The fourth-order valence-corrected chi connectivity index (χ4v) is 1.18. The number of alkyl halides is 3. The Morgan fingerprint density at radius 1 is 1.41 bits per heavy atom. The molecule has 1 N–H and O–H groups in total. The third-order valence-electron chi connectivity index (χ3n) is 1.72. The predicted octanol–water partition coefficient (Wildman–Crippen LogP) is 2.68. The van der Waals surface area contributed by atoms with Gasteiger partial charge in [-0.2, -0.15) is 13.2 Å². The van der Waals surface area contributed by atoms with Crippen molar-refractivity contribution in [3.8, 4) is 5.88 Å². The Morgan fingerprint density at radius 3 is 2.65 bits per heavy atom. The lowest BCUT2D eigenvalue weighted by atomic mass is 10.3. The van der Waals surface area contributed by atoms with Crippen LogP contribution in [0.3, 0.4) is 0 Å². The summed E-state index contributed by atoms with van der Waals surface area (Å²) in [7, 11) is 0. The molecule has 1 aromatic heterocycles. The summed E-state index contributed by atoms with van der Waals surface area (Å²) in [5.41, 5.74) is -0.930. The molecule has 0 saturated carbocycles. The van der Waals surface area contributed by atoms with Gasteiger partial charge in [0.1, 0.15) is 11.6 Å². The van der Waals surface area contributed by atoms with E-state index in [9.17, 15) is 13.2 Å². The zero-order valence-electron chi connectivity index (χ0n) is 8.54. The van der Waals surface area contributed by atoms with Gasteiger partial charge in [-0.3, -0.25) is 0 Å². The normalized spacial score (nSPS) is 12.1. The zero-order valence-corrected chi connectivity index (χ0v) is 9.29. The van der Waals surface area contributed by atoms with Crippen LogP contribution >= 0.6 is 11.6 Å². The predicted molar refractivity (Wildman–Crippen MR) is 56.0 cm³/mol. The molecule has 0 saturated heterocycles. The molecular weight excluding hydrogens is 259 g/mol. The summed E-state index contributed by atoms with van der Waals surface area (Å²) in [4.78, 5) is 3.47. The first kappa shape index (κ1) is 13.8. The van der Waals surface area contributed by atoms with Crippen LogP contribution in [0, 0.1) is 0 Å². The molecule has 1 heterocycles. The van der Waals surface area contributed by atoms with Crippen molar-refractivity contribution < 1.29 is 23.0 Å². The number of nitrogens with zero attached hydrogens (tertiary/aromatic N) is 1. The van der Waals surface area contributed by atoms with E-state index < -0.39 is 11.7 Å². The first-order valence-electron chi connectivity index (χ1n) is 4.56. The average Bonchev–Trinajstić information content (AvgIpc) is 2.24. The molecule has 0 aliphatic heterocycles. The monoisotopic (exact) mass is 267 g/mol. The number of halogens is 4. The molecule has 7 heteroatoms. The number of aromatic nitrogens is 1. The largest absolute Gasteiger partial charge is 0.472 e. The van der Waals surface area contributed by atoms with E-state index in [-0.39, 0.29) is 24.1 Å². The van der Waals surface area contributed by atoms with Crippen LogP contribution in [0.5, 0.6) is 5.88 Å². The number of rotatable bonds is 4. The van der Waals surface area contributed by atoms with Gasteiger partial charge < -0.3 is 9.84 Å². The van der Waals surface area contributed by atoms with E-state index in [1.807, 2.05) is 0 Å². The Kier molecular flexibility index (Phi) is 4.77. The SMILES string of the molecule is OC/C=C/COc1ncc(C(F)(F)F)cc1Cl. The molecule has 94 valence electrons. The minimum absolute atomic E-state index is 0.0681. The number of pyridine rings is 1. The fraction of sp³-hybridized carbons (Fsp3) is 0.300. The van der Waals surface area contributed by atoms with Gasteiger partial charge in [-0.25, -0.2) is 4.98 Å². The number of ether oxygens (including phenoxy) is 1. The van der Waals surface area contributed by atoms with Crippen LogP contribution in [0.4, 0.5) is 13.2 Å². The smallest absolute Gasteiger partial charge is 0.417 e. The lowest BCUT2D eigenvalue weighted by Crippen LogP contribution is -2.06. The first-order chi connectivity index (χ1) is 7.95. The van der Waals surface area contributed by atoms with Gasteiger partial charge in [0.2, 0.25) is 5.88 Å². The van der Waals surface area contributed by atoms with Crippen molar-refractivity contribution in [3.63, 3.8) is 0 Å². The van der Waals surface area contributed by atoms with Gasteiger partial charge in [-0.05, 0) is 12.1 Å². The molecule has 1 aromatic rings. The maximum Gasteiger partial charge on any atom is 0.417 e. The highest BCUT2D eigenvalue weighted by Crippen LogP contribution is 2.32. The average molecular weight is 268 g/mol. The van der Waals surface area contributed by atoms with Gasteiger partial charge in [-0.15, -0.1) is 0 Å².